The minimum absolute atomic E-state index is 0.0130. The first-order valence-electron chi connectivity index (χ1n) is 24.5. The van der Waals surface area contributed by atoms with Gasteiger partial charge in [0.25, 0.3) is 11.8 Å². The van der Waals surface area contributed by atoms with Crippen LogP contribution in [0.5, 0.6) is 11.5 Å². The van der Waals surface area contributed by atoms with E-state index >= 15 is 0 Å². The number of methoxy groups -OCH3 is 1. The molecule has 0 aliphatic carbocycles. The predicted octanol–water partition coefficient (Wildman–Crippen LogP) is 6.74. The molecule has 75 heavy (non-hydrogen) atoms. The van der Waals surface area contributed by atoms with E-state index in [9.17, 15) is 33.6 Å². The number of rotatable bonds is 25. The molecule has 0 aliphatic heterocycles. The summed E-state index contributed by atoms with van der Waals surface area (Å²) >= 11 is 0. The summed E-state index contributed by atoms with van der Waals surface area (Å²) < 4.78 is 37.4. The number of aromatic nitrogens is 6. The van der Waals surface area contributed by atoms with E-state index in [0.29, 0.717) is 46.7 Å². The number of ketones is 1. The Bertz CT molecular complexity index is 3170. The molecule has 400 valence electrons. The number of amides is 4. The van der Waals surface area contributed by atoms with Crippen LogP contribution < -0.4 is 31.6 Å². The first-order valence-corrected chi connectivity index (χ1v) is 24.5. The molecule has 0 saturated carbocycles. The fourth-order valence-corrected chi connectivity index (χ4v) is 8.04. The Morgan fingerprint density at radius 3 is 1.68 bits per heavy atom. The van der Waals surface area contributed by atoms with Crippen molar-refractivity contribution in [3.8, 4) is 11.5 Å². The smallest absolute Gasteiger partial charge is 0.309 e. The first-order chi connectivity index (χ1) is 35.5. The topological polar surface area (TPSA) is 320 Å². The van der Waals surface area contributed by atoms with Crippen molar-refractivity contribution >= 4 is 75.3 Å². The predicted molar refractivity (Wildman–Crippen MR) is 273 cm³/mol. The molecule has 0 aliphatic rings. The fourth-order valence-electron chi connectivity index (χ4n) is 8.04. The number of oxazole rings is 2. The first kappa shape index (κ1) is 55.9. The van der Waals surface area contributed by atoms with Gasteiger partial charge in [0.1, 0.15) is 33.9 Å². The Morgan fingerprint density at radius 1 is 0.720 bits per heavy atom. The quantitative estimate of drug-likeness (QED) is 0.0262. The standard InChI is InChI=1S/C52H64N10O13/c1-11-33-43(73-29(5)55-33)47(67)59-50-57-35-23-31(45(53)65)25-38(70-10)41(35)61(50)18-13-14-19-62-42-36(58-51(62)60-48(68)44-34(12-2)56-30(6)74-44)24-32(46(54)66)26-39(42)71-20-15-21-72-49(69)28(4)22-37(63)27(3)16-17-40(64)75-52(7,8)9/h13-14,23-28H,11-12,15-22H2,1-10H3,(H2,53,65)(H2,54,66)(H,57,59,67)(H,58,60,68)/b14-13+/t27-,28-/m1/s1. The van der Waals surface area contributed by atoms with Crippen molar-refractivity contribution in [2.75, 3.05) is 31.0 Å². The number of hydrogen-bond acceptors (Lipinski definition) is 17. The van der Waals surface area contributed by atoms with Gasteiger partial charge in [-0.25, -0.2) is 19.9 Å². The molecule has 2 aromatic carbocycles. The van der Waals surface area contributed by atoms with Crippen LogP contribution in [-0.2, 0) is 49.8 Å². The lowest BCUT2D eigenvalue weighted by Gasteiger charge is -2.20. The highest BCUT2D eigenvalue weighted by Crippen LogP contribution is 2.34. The monoisotopic (exact) mass is 1040 g/mol. The number of imidazole rings is 2. The lowest BCUT2D eigenvalue weighted by molar-refractivity contribution is -0.155. The zero-order chi connectivity index (χ0) is 54.9. The molecular formula is C52H64N10O13. The van der Waals surface area contributed by atoms with Gasteiger partial charge in [-0.3, -0.25) is 44.2 Å². The minimum atomic E-state index is -0.777. The lowest BCUT2D eigenvalue weighted by atomic mass is 9.93. The van der Waals surface area contributed by atoms with Crippen LogP contribution in [0.2, 0.25) is 0 Å². The lowest BCUT2D eigenvalue weighted by Crippen LogP contribution is -2.25. The second kappa shape index (κ2) is 24.1. The molecule has 0 saturated heterocycles. The Kier molecular flexibility index (Phi) is 18.0. The molecule has 23 nitrogen and oxygen atoms in total. The highest BCUT2D eigenvalue weighted by molar-refractivity contribution is 6.05. The number of fused-ring (bicyclic) bond motifs is 2. The van der Waals surface area contributed by atoms with Crippen LogP contribution in [-0.4, -0.2) is 96.3 Å². The molecule has 4 heterocycles. The summed E-state index contributed by atoms with van der Waals surface area (Å²) in [5.41, 5.74) is 13.1. The third-order valence-electron chi connectivity index (χ3n) is 11.7. The van der Waals surface area contributed by atoms with Crippen LogP contribution >= 0.6 is 0 Å². The number of aryl methyl sites for hydroxylation is 4. The van der Waals surface area contributed by atoms with Crippen LogP contribution in [0.1, 0.15) is 139 Å². The summed E-state index contributed by atoms with van der Waals surface area (Å²) in [6.45, 7) is 15.5. The molecule has 6 N–H and O–H groups in total. The van der Waals surface area contributed by atoms with E-state index in [4.69, 9.17) is 44.2 Å². The van der Waals surface area contributed by atoms with Gasteiger partial charge in [0, 0.05) is 63.2 Å². The molecular weight excluding hydrogens is 973 g/mol. The third kappa shape index (κ3) is 13.8. The average Bonchev–Trinajstić information content (AvgIpc) is 4.12. The number of nitrogens with two attached hydrogens (primary N) is 2. The number of anilines is 2. The molecule has 0 spiro atoms. The number of carbonyl (C=O) groups excluding carboxylic acids is 7. The van der Waals surface area contributed by atoms with Crippen molar-refractivity contribution in [3.63, 3.8) is 0 Å². The maximum atomic E-state index is 13.8. The summed E-state index contributed by atoms with van der Waals surface area (Å²) in [4.78, 5) is 108. The van der Waals surface area contributed by atoms with Crippen molar-refractivity contribution in [2.24, 2.45) is 23.3 Å². The van der Waals surface area contributed by atoms with Crippen LogP contribution in [0.3, 0.4) is 0 Å². The van der Waals surface area contributed by atoms with Crippen molar-refractivity contribution < 1.29 is 61.3 Å². The SMILES string of the molecule is CCc1nc(C)oc1C(=O)Nc1nc2cc(C(N)=O)cc(OC)c2n1C/C=C/Cn1c(NC(=O)c2oc(C)nc2CC)nc2cc(C(N)=O)cc(OCCCOC(=O)[C@H](C)CC(=O)[C@H](C)CCC(=O)OC(C)(C)C)c21. The molecule has 0 bridgehead atoms. The fraction of sp³-hybridized carbons (Fsp3) is 0.442. The number of ether oxygens (including phenoxy) is 4. The number of esters is 2. The van der Waals surface area contributed by atoms with Gasteiger partial charge in [0.05, 0.1) is 48.7 Å². The number of allylic oxidation sites excluding steroid dienone is 2. The van der Waals surface area contributed by atoms with E-state index in [1.165, 1.54) is 31.4 Å². The summed E-state index contributed by atoms with van der Waals surface area (Å²) in [5, 5.41) is 5.64. The van der Waals surface area contributed by atoms with E-state index < -0.39 is 53.0 Å². The second-order valence-electron chi connectivity index (χ2n) is 18.8. The van der Waals surface area contributed by atoms with Crippen LogP contribution in [0.4, 0.5) is 11.9 Å². The van der Waals surface area contributed by atoms with Crippen LogP contribution in [0, 0.1) is 25.7 Å². The third-order valence-corrected chi connectivity index (χ3v) is 11.7. The number of Topliss-reactive ketones (excluding diaryl/α,β-unsaturated/α-hetero) is 1. The van der Waals surface area contributed by atoms with Gasteiger partial charge in [-0.1, -0.05) is 39.8 Å². The maximum Gasteiger partial charge on any atom is 0.309 e. The van der Waals surface area contributed by atoms with Crippen molar-refractivity contribution in [1.82, 2.24) is 29.1 Å². The van der Waals surface area contributed by atoms with Crippen molar-refractivity contribution in [2.45, 2.75) is 120 Å². The molecule has 4 amide bonds. The Labute approximate surface area is 432 Å². The molecule has 0 radical (unpaired) electrons. The van der Waals surface area contributed by atoms with Gasteiger partial charge in [-0.15, -0.1) is 0 Å². The normalized spacial score (nSPS) is 12.5. The van der Waals surface area contributed by atoms with Gasteiger partial charge in [-0.05, 0) is 64.3 Å². The average molecular weight is 1040 g/mol. The van der Waals surface area contributed by atoms with E-state index in [-0.39, 0.29) is 115 Å². The Hall–Kier alpha value is -8.37. The molecule has 4 aromatic heterocycles. The Balaban J connectivity index is 1.26. The second-order valence-corrected chi connectivity index (χ2v) is 18.8. The number of hydrogen-bond donors (Lipinski definition) is 4. The largest absolute Gasteiger partial charge is 0.494 e. The molecule has 6 rings (SSSR count). The summed E-state index contributed by atoms with van der Waals surface area (Å²) in [6, 6.07) is 5.85. The van der Waals surface area contributed by atoms with Crippen LogP contribution in [0.25, 0.3) is 22.1 Å². The zero-order valence-electron chi connectivity index (χ0n) is 43.8. The number of benzene rings is 2. The van der Waals surface area contributed by atoms with Gasteiger partial charge in [0.2, 0.25) is 35.2 Å². The minimum Gasteiger partial charge on any atom is -0.494 e. The van der Waals surface area contributed by atoms with Crippen LogP contribution in [0.15, 0.2) is 45.3 Å². The molecule has 6 aromatic rings. The van der Waals surface area contributed by atoms with E-state index in [1.807, 2.05) is 13.8 Å². The number of nitrogens with one attached hydrogen (secondary N) is 2. The Morgan fingerprint density at radius 2 is 1.21 bits per heavy atom. The zero-order valence-corrected chi connectivity index (χ0v) is 43.8. The van der Waals surface area contributed by atoms with Crippen molar-refractivity contribution in [1.29, 1.82) is 0 Å². The number of nitrogens with zero attached hydrogens (tertiary/aromatic N) is 6. The number of carbonyl (C=O) groups is 7. The molecule has 0 fully saturated rings. The highest BCUT2D eigenvalue weighted by atomic mass is 16.6. The highest BCUT2D eigenvalue weighted by Gasteiger charge is 2.27. The summed E-state index contributed by atoms with van der Waals surface area (Å²) in [5.74, 6) is -3.99. The van der Waals surface area contributed by atoms with Gasteiger partial charge >= 0.3 is 11.9 Å². The molecule has 2 atom stereocenters. The van der Waals surface area contributed by atoms with Gasteiger partial charge in [0.15, 0.2) is 11.8 Å². The summed E-state index contributed by atoms with van der Waals surface area (Å²) in [6.07, 6.45) is 4.83. The van der Waals surface area contributed by atoms with Gasteiger partial charge < -0.3 is 48.4 Å². The van der Waals surface area contributed by atoms with Crippen molar-refractivity contribution in [3.05, 3.63) is 82.2 Å². The summed E-state index contributed by atoms with van der Waals surface area (Å²) in [7, 11) is 1.42. The number of primary amides is 2. The molecule has 23 heteroatoms. The van der Waals surface area contributed by atoms with Gasteiger partial charge in [-0.2, -0.15) is 0 Å². The van der Waals surface area contributed by atoms with E-state index in [1.54, 1.807) is 69.8 Å². The molecule has 0 unspecified atom stereocenters. The van der Waals surface area contributed by atoms with E-state index in [2.05, 4.69) is 25.6 Å². The van der Waals surface area contributed by atoms with E-state index in [0.717, 1.165) is 0 Å². The maximum absolute atomic E-state index is 13.8.